The first-order valence-corrected chi connectivity index (χ1v) is 11.4. The van der Waals surface area contributed by atoms with Gasteiger partial charge >= 0.3 is 17.1 Å². The van der Waals surface area contributed by atoms with E-state index in [0.29, 0.717) is 0 Å². The van der Waals surface area contributed by atoms with Crippen molar-refractivity contribution in [3.05, 3.63) is 35.4 Å². The summed E-state index contributed by atoms with van der Waals surface area (Å²) in [4.78, 5) is 0. The van der Waals surface area contributed by atoms with Crippen LogP contribution in [0.3, 0.4) is 0 Å². The standard InChI is InChI=1S/C16H22O4Si2/c1-17-21(5,18-2)13-11-15-7-9-16(10-8-15)12-14-22(6,19-3)20-4/h7-10H,1-6H3. The Labute approximate surface area is 135 Å². The van der Waals surface area contributed by atoms with Crippen molar-refractivity contribution in [3.8, 4) is 22.9 Å². The molecule has 0 saturated carbocycles. The Morgan fingerprint density at radius 1 is 0.636 bits per heavy atom. The van der Waals surface area contributed by atoms with Gasteiger partial charge in [0.2, 0.25) is 0 Å². The Bertz CT molecular complexity index is 542. The lowest BCUT2D eigenvalue weighted by atomic mass is 10.1. The predicted octanol–water partition coefficient (Wildman–Crippen LogP) is 2.20. The number of hydrogen-bond acceptors (Lipinski definition) is 4. The fourth-order valence-electron chi connectivity index (χ4n) is 1.38. The van der Waals surface area contributed by atoms with Crippen LogP contribution in [0.5, 0.6) is 0 Å². The van der Waals surface area contributed by atoms with E-state index in [1.165, 1.54) is 0 Å². The first-order valence-electron chi connectivity index (χ1n) is 6.77. The van der Waals surface area contributed by atoms with Crippen molar-refractivity contribution in [1.82, 2.24) is 0 Å². The molecule has 6 heteroatoms. The summed E-state index contributed by atoms with van der Waals surface area (Å²) in [5, 5.41) is 0. The third-order valence-electron chi connectivity index (χ3n) is 3.31. The average molecular weight is 335 g/mol. The van der Waals surface area contributed by atoms with E-state index in [1.54, 1.807) is 28.4 Å². The molecule has 0 aliphatic heterocycles. The van der Waals surface area contributed by atoms with E-state index < -0.39 is 17.1 Å². The fourth-order valence-corrected chi connectivity index (χ4v) is 2.86. The minimum atomic E-state index is -2.36. The molecule has 0 amide bonds. The highest BCUT2D eigenvalue weighted by Gasteiger charge is 2.26. The van der Waals surface area contributed by atoms with E-state index in [-0.39, 0.29) is 0 Å². The molecule has 0 saturated heterocycles. The summed E-state index contributed by atoms with van der Waals surface area (Å²) in [6.07, 6.45) is 0. The SMILES string of the molecule is CO[Si](C)(C#Cc1ccc(C#C[Si](C)(OC)OC)cc1)OC. The summed E-state index contributed by atoms with van der Waals surface area (Å²) in [5.41, 5.74) is 7.96. The highest BCUT2D eigenvalue weighted by atomic mass is 28.4. The van der Waals surface area contributed by atoms with Crippen LogP contribution < -0.4 is 0 Å². The first kappa shape index (κ1) is 18.7. The lowest BCUT2D eigenvalue weighted by molar-refractivity contribution is 0.266. The maximum Gasteiger partial charge on any atom is 0.420 e. The van der Waals surface area contributed by atoms with Gasteiger partial charge in [0.25, 0.3) is 0 Å². The maximum atomic E-state index is 5.33. The van der Waals surface area contributed by atoms with E-state index in [0.717, 1.165) is 11.1 Å². The Hall–Kier alpha value is -1.39. The summed E-state index contributed by atoms with van der Waals surface area (Å²) >= 11 is 0. The normalized spacial score (nSPS) is 11.2. The molecular weight excluding hydrogens is 312 g/mol. The van der Waals surface area contributed by atoms with Crippen LogP contribution in [0, 0.1) is 22.9 Å². The van der Waals surface area contributed by atoms with Crippen molar-refractivity contribution in [3.63, 3.8) is 0 Å². The van der Waals surface area contributed by atoms with Gasteiger partial charge in [0.1, 0.15) is 0 Å². The van der Waals surface area contributed by atoms with Crippen LogP contribution in [-0.2, 0) is 17.7 Å². The predicted molar refractivity (Wildman–Crippen MR) is 91.5 cm³/mol. The van der Waals surface area contributed by atoms with Gasteiger partial charge in [-0.3, -0.25) is 0 Å². The maximum absolute atomic E-state index is 5.33. The summed E-state index contributed by atoms with van der Waals surface area (Å²) in [7, 11) is 1.76. The van der Waals surface area contributed by atoms with Crippen molar-refractivity contribution >= 4 is 17.1 Å². The second-order valence-corrected chi connectivity index (χ2v) is 10.7. The van der Waals surface area contributed by atoms with Gasteiger partial charge in [0.15, 0.2) is 0 Å². The van der Waals surface area contributed by atoms with E-state index in [1.807, 2.05) is 37.4 Å². The van der Waals surface area contributed by atoms with Crippen molar-refractivity contribution in [2.75, 3.05) is 28.4 Å². The topological polar surface area (TPSA) is 36.9 Å². The molecule has 1 aromatic rings. The lowest BCUT2D eigenvalue weighted by Crippen LogP contribution is -2.34. The monoisotopic (exact) mass is 334 g/mol. The molecular formula is C16H22O4Si2. The second kappa shape index (κ2) is 8.30. The second-order valence-electron chi connectivity index (χ2n) is 4.79. The van der Waals surface area contributed by atoms with Crippen LogP contribution in [0.1, 0.15) is 11.1 Å². The van der Waals surface area contributed by atoms with Crippen LogP contribution in [0.15, 0.2) is 24.3 Å². The average Bonchev–Trinajstić information content (AvgIpc) is 2.58. The Morgan fingerprint density at radius 2 is 0.909 bits per heavy atom. The minimum Gasteiger partial charge on any atom is -0.389 e. The zero-order valence-electron chi connectivity index (χ0n) is 13.9. The van der Waals surface area contributed by atoms with Crippen LogP contribution in [0.25, 0.3) is 0 Å². The number of rotatable bonds is 4. The van der Waals surface area contributed by atoms with Crippen molar-refractivity contribution in [1.29, 1.82) is 0 Å². The summed E-state index contributed by atoms with van der Waals surface area (Å²) in [6, 6.07) is 7.70. The molecule has 22 heavy (non-hydrogen) atoms. The smallest absolute Gasteiger partial charge is 0.389 e. The van der Waals surface area contributed by atoms with Crippen LogP contribution >= 0.6 is 0 Å². The zero-order chi connectivity index (χ0) is 16.6. The summed E-state index contributed by atoms with van der Waals surface area (Å²) < 4.78 is 21.3. The zero-order valence-corrected chi connectivity index (χ0v) is 15.9. The fraction of sp³-hybridized carbons (Fsp3) is 0.375. The molecule has 0 aliphatic rings. The molecule has 0 N–H and O–H groups in total. The van der Waals surface area contributed by atoms with E-state index >= 15 is 0 Å². The van der Waals surface area contributed by atoms with Crippen LogP contribution in [0.4, 0.5) is 0 Å². The summed E-state index contributed by atoms with van der Waals surface area (Å²) in [5.74, 6) is 6.16. The molecule has 4 nitrogen and oxygen atoms in total. The molecule has 0 spiro atoms. The largest absolute Gasteiger partial charge is 0.420 e. The van der Waals surface area contributed by atoms with Crippen LogP contribution in [0.2, 0.25) is 13.1 Å². The highest BCUT2D eigenvalue weighted by Crippen LogP contribution is 2.07. The van der Waals surface area contributed by atoms with E-state index in [9.17, 15) is 0 Å². The third-order valence-corrected chi connectivity index (χ3v) is 7.59. The number of hydrogen-bond donors (Lipinski definition) is 0. The molecule has 0 unspecified atom stereocenters. The van der Waals surface area contributed by atoms with Gasteiger partial charge in [0.05, 0.1) is 0 Å². The Morgan fingerprint density at radius 3 is 1.14 bits per heavy atom. The van der Waals surface area contributed by atoms with Gasteiger partial charge in [0, 0.05) is 39.6 Å². The molecule has 118 valence electrons. The third kappa shape index (κ3) is 5.43. The molecule has 0 radical (unpaired) electrons. The Kier molecular flexibility index (Phi) is 7.04. The molecule has 0 fully saturated rings. The van der Waals surface area contributed by atoms with Gasteiger partial charge in [-0.1, -0.05) is 22.9 Å². The Balaban J connectivity index is 2.89. The van der Waals surface area contributed by atoms with Gasteiger partial charge in [-0.15, -0.1) is 0 Å². The summed E-state index contributed by atoms with van der Waals surface area (Å²) in [6.45, 7) is 3.81. The van der Waals surface area contributed by atoms with Crippen molar-refractivity contribution < 1.29 is 17.7 Å². The van der Waals surface area contributed by atoms with Crippen molar-refractivity contribution in [2.24, 2.45) is 0 Å². The number of benzene rings is 1. The minimum absolute atomic E-state index is 0.900. The molecule has 0 atom stereocenters. The van der Waals surface area contributed by atoms with E-state index in [2.05, 4.69) is 22.9 Å². The molecule has 0 aliphatic carbocycles. The van der Waals surface area contributed by atoms with Gasteiger partial charge < -0.3 is 17.7 Å². The highest BCUT2D eigenvalue weighted by molar-refractivity contribution is 6.74. The molecule has 1 aromatic carbocycles. The van der Waals surface area contributed by atoms with Crippen LogP contribution in [-0.4, -0.2) is 45.6 Å². The van der Waals surface area contributed by atoms with Crippen molar-refractivity contribution in [2.45, 2.75) is 13.1 Å². The lowest BCUT2D eigenvalue weighted by Gasteiger charge is -2.14. The van der Waals surface area contributed by atoms with Gasteiger partial charge in [-0.25, -0.2) is 0 Å². The molecule has 0 bridgehead atoms. The molecule has 0 aromatic heterocycles. The first-order chi connectivity index (χ1) is 10.4. The van der Waals surface area contributed by atoms with Gasteiger partial charge in [-0.05, 0) is 37.4 Å². The van der Waals surface area contributed by atoms with Gasteiger partial charge in [-0.2, -0.15) is 0 Å². The quantitative estimate of drug-likeness (QED) is 0.625. The molecule has 0 heterocycles. The van der Waals surface area contributed by atoms with E-state index in [4.69, 9.17) is 17.7 Å². The molecule has 1 rings (SSSR count).